The van der Waals surface area contributed by atoms with Crippen molar-refractivity contribution in [3.05, 3.63) is 48.3 Å². The molecule has 3 heterocycles. The van der Waals surface area contributed by atoms with Gasteiger partial charge in [-0.25, -0.2) is 23.1 Å². The van der Waals surface area contributed by atoms with Crippen molar-refractivity contribution in [3.8, 4) is 11.5 Å². The van der Waals surface area contributed by atoms with Crippen molar-refractivity contribution in [3.63, 3.8) is 0 Å². The number of nitrogens with zero attached hydrogens (tertiary/aromatic N) is 3. The van der Waals surface area contributed by atoms with Crippen LogP contribution in [0.5, 0.6) is 11.5 Å². The minimum absolute atomic E-state index is 0.00243. The van der Waals surface area contributed by atoms with Gasteiger partial charge in [0.2, 0.25) is 16.8 Å². The fourth-order valence-corrected chi connectivity index (χ4v) is 4.81. The molecule has 30 heavy (non-hydrogen) atoms. The molecule has 3 aromatic rings. The molecule has 8 nitrogen and oxygen atoms in total. The lowest BCUT2D eigenvalue weighted by atomic mass is 10.1. The van der Waals surface area contributed by atoms with E-state index in [0.29, 0.717) is 17.3 Å². The van der Waals surface area contributed by atoms with E-state index in [1.54, 1.807) is 6.07 Å². The van der Waals surface area contributed by atoms with Gasteiger partial charge < -0.3 is 14.4 Å². The number of ether oxygens (including phenoxy) is 2. The number of para-hydroxylation sites is 1. The van der Waals surface area contributed by atoms with Crippen molar-refractivity contribution in [1.29, 1.82) is 0 Å². The van der Waals surface area contributed by atoms with Gasteiger partial charge in [-0.3, -0.25) is 0 Å². The Hall–Kier alpha value is -2.91. The lowest BCUT2D eigenvalue weighted by Gasteiger charge is -2.29. The standard InChI is InChI=1S/C21H22N4O4S/c26-30(27,15-8-9-18-19(12-15)29-14-28-18)22-13-20-23-17-7-3-2-6-16(17)21(24-20)25-10-4-1-5-11-25/h2-3,6-9,12,22H,1,4-5,10-11,13-14H2. The van der Waals surface area contributed by atoms with Crippen molar-refractivity contribution in [2.24, 2.45) is 0 Å². The van der Waals surface area contributed by atoms with Crippen LogP contribution in [-0.4, -0.2) is 38.3 Å². The van der Waals surface area contributed by atoms with Crippen LogP contribution in [0.4, 0.5) is 5.82 Å². The zero-order valence-corrected chi connectivity index (χ0v) is 17.2. The smallest absolute Gasteiger partial charge is 0.241 e. The Morgan fingerprint density at radius 2 is 1.77 bits per heavy atom. The second-order valence-electron chi connectivity index (χ2n) is 7.37. The highest BCUT2D eigenvalue weighted by atomic mass is 32.2. The summed E-state index contributed by atoms with van der Waals surface area (Å²) in [6.07, 6.45) is 3.48. The van der Waals surface area contributed by atoms with Crippen LogP contribution in [0, 0.1) is 0 Å². The number of piperidine rings is 1. The van der Waals surface area contributed by atoms with E-state index in [2.05, 4.69) is 14.6 Å². The first-order valence-electron chi connectivity index (χ1n) is 10.0. The third kappa shape index (κ3) is 3.66. The van der Waals surface area contributed by atoms with E-state index in [0.717, 1.165) is 42.7 Å². The molecule has 9 heteroatoms. The van der Waals surface area contributed by atoms with E-state index in [9.17, 15) is 8.42 Å². The predicted octanol–water partition coefficient (Wildman–Crippen LogP) is 2.83. The molecule has 0 aliphatic carbocycles. The fraction of sp³-hybridized carbons (Fsp3) is 0.333. The number of rotatable bonds is 5. The highest BCUT2D eigenvalue weighted by Crippen LogP contribution is 2.34. The van der Waals surface area contributed by atoms with Crippen LogP contribution < -0.4 is 19.1 Å². The van der Waals surface area contributed by atoms with Crippen molar-refractivity contribution in [2.75, 3.05) is 24.8 Å². The summed E-state index contributed by atoms with van der Waals surface area (Å²) in [6, 6.07) is 12.4. The maximum absolute atomic E-state index is 12.8. The minimum Gasteiger partial charge on any atom is -0.454 e. The van der Waals surface area contributed by atoms with E-state index in [1.807, 2.05) is 24.3 Å². The molecule has 0 saturated carbocycles. The summed E-state index contributed by atoms with van der Waals surface area (Å²) in [4.78, 5) is 11.7. The Balaban J connectivity index is 1.42. The lowest BCUT2D eigenvalue weighted by molar-refractivity contribution is 0.174. The van der Waals surface area contributed by atoms with Gasteiger partial charge in [0.05, 0.1) is 17.0 Å². The van der Waals surface area contributed by atoms with Gasteiger partial charge in [0.1, 0.15) is 11.6 Å². The molecule has 2 aromatic carbocycles. The summed E-state index contributed by atoms with van der Waals surface area (Å²) >= 11 is 0. The number of benzene rings is 2. The molecular weight excluding hydrogens is 404 g/mol. The maximum Gasteiger partial charge on any atom is 0.241 e. The normalized spacial score (nSPS) is 16.2. The summed E-state index contributed by atoms with van der Waals surface area (Å²) in [7, 11) is -3.75. The monoisotopic (exact) mass is 426 g/mol. The van der Waals surface area contributed by atoms with E-state index in [1.165, 1.54) is 18.6 Å². The predicted molar refractivity (Wildman–Crippen MR) is 112 cm³/mol. The van der Waals surface area contributed by atoms with Gasteiger partial charge in [0, 0.05) is 24.5 Å². The van der Waals surface area contributed by atoms with Crippen LogP contribution >= 0.6 is 0 Å². The fourth-order valence-electron chi connectivity index (χ4n) is 3.82. The second-order valence-corrected chi connectivity index (χ2v) is 9.13. The Bertz CT molecular complexity index is 1190. The van der Waals surface area contributed by atoms with Gasteiger partial charge in [0.15, 0.2) is 11.5 Å². The number of hydrogen-bond donors (Lipinski definition) is 1. The summed E-state index contributed by atoms with van der Waals surface area (Å²) in [6.45, 7) is 1.99. The molecule has 1 N–H and O–H groups in total. The average molecular weight is 426 g/mol. The van der Waals surface area contributed by atoms with Crippen molar-refractivity contribution < 1.29 is 17.9 Å². The molecule has 5 rings (SSSR count). The third-order valence-corrected chi connectivity index (χ3v) is 6.76. The Morgan fingerprint density at radius 1 is 0.967 bits per heavy atom. The van der Waals surface area contributed by atoms with Crippen LogP contribution in [0.15, 0.2) is 47.4 Å². The second kappa shape index (κ2) is 7.73. The van der Waals surface area contributed by atoms with Crippen LogP contribution in [0.2, 0.25) is 0 Å². The van der Waals surface area contributed by atoms with E-state index in [-0.39, 0.29) is 18.2 Å². The van der Waals surface area contributed by atoms with Gasteiger partial charge in [-0.15, -0.1) is 0 Å². The molecule has 0 spiro atoms. The first-order valence-corrected chi connectivity index (χ1v) is 11.5. The molecule has 0 bridgehead atoms. The maximum atomic E-state index is 12.8. The first-order chi connectivity index (χ1) is 14.6. The van der Waals surface area contributed by atoms with E-state index >= 15 is 0 Å². The molecule has 0 radical (unpaired) electrons. The largest absolute Gasteiger partial charge is 0.454 e. The molecule has 1 fully saturated rings. The zero-order chi connectivity index (χ0) is 20.6. The average Bonchev–Trinajstić information content (AvgIpc) is 3.26. The first kappa shape index (κ1) is 19.1. The van der Waals surface area contributed by atoms with Gasteiger partial charge in [-0.05, 0) is 43.5 Å². The third-order valence-electron chi connectivity index (χ3n) is 5.36. The topological polar surface area (TPSA) is 93.7 Å². The van der Waals surface area contributed by atoms with Crippen LogP contribution in [0.3, 0.4) is 0 Å². The van der Waals surface area contributed by atoms with Crippen LogP contribution in [0.25, 0.3) is 10.9 Å². The number of aromatic nitrogens is 2. The number of hydrogen-bond acceptors (Lipinski definition) is 7. The number of nitrogens with one attached hydrogen (secondary N) is 1. The van der Waals surface area contributed by atoms with Gasteiger partial charge in [0.25, 0.3) is 0 Å². The number of sulfonamides is 1. The summed E-state index contributed by atoms with van der Waals surface area (Å²) in [5.41, 5.74) is 0.811. The summed E-state index contributed by atoms with van der Waals surface area (Å²) < 4.78 is 38.7. The van der Waals surface area contributed by atoms with E-state index < -0.39 is 10.0 Å². The van der Waals surface area contributed by atoms with Gasteiger partial charge >= 0.3 is 0 Å². The number of anilines is 1. The quantitative estimate of drug-likeness (QED) is 0.670. The Labute approximate surface area is 174 Å². The summed E-state index contributed by atoms with van der Waals surface area (Å²) in [5.74, 6) is 2.28. The lowest BCUT2D eigenvalue weighted by Crippen LogP contribution is -2.31. The van der Waals surface area contributed by atoms with E-state index in [4.69, 9.17) is 14.5 Å². The minimum atomic E-state index is -3.75. The van der Waals surface area contributed by atoms with Crippen molar-refractivity contribution in [2.45, 2.75) is 30.7 Å². The molecular formula is C21H22N4O4S. The van der Waals surface area contributed by atoms with Crippen molar-refractivity contribution in [1.82, 2.24) is 14.7 Å². The SMILES string of the molecule is O=S(=O)(NCc1nc(N2CCCCC2)c2ccccc2n1)c1ccc2c(c1)OCO2. The zero-order valence-electron chi connectivity index (χ0n) is 16.4. The number of fused-ring (bicyclic) bond motifs is 2. The molecule has 2 aliphatic heterocycles. The highest BCUT2D eigenvalue weighted by Gasteiger charge is 2.22. The van der Waals surface area contributed by atoms with Gasteiger partial charge in [-0.2, -0.15) is 0 Å². The highest BCUT2D eigenvalue weighted by molar-refractivity contribution is 7.89. The van der Waals surface area contributed by atoms with Crippen LogP contribution in [-0.2, 0) is 16.6 Å². The molecule has 0 atom stereocenters. The molecule has 1 aromatic heterocycles. The van der Waals surface area contributed by atoms with Crippen LogP contribution in [0.1, 0.15) is 25.1 Å². The summed E-state index contributed by atoms with van der Waals surface area (Å²) in [5, 5.41) is 0.988. The Morgan fingerprint density at radius 3 is 2.63 bits per heavy atom. The molecule has 2 aliphatic rings. The molecule has 156 valence electrons. The van der Waals surface area contributed by atoms with Gasteiger partial charge in [-0.1, -0.05) is 12.1 Å². The molecule has 1 saturated heterocycles. The Kier molecular flexibility index (Phi) is 4.92. The molecule has 0 amide bonds. The van der Waals surface area contributed by atoms with Crippen molar-refractivity contribution >= 4 is 26.7 Å². The molecule has 0 unspecified atom stereocenters.